The Morgan fingerprint density at radius 1 is 1.18 bits per heavy atom. The predicted molar refractivity (Wildman–Crippen MR) is 46.2 cm³/mol. The van der Waals surface area contributed by atoms with Gasteiger partial charge in [-0.3, -0.25) is 4.79 Å². The summed E-state index contributed by atoms with van der Waals surface area (Å²) >= 11 is 0. The molecule has 0 aliphatic carbocycles. The summed E-state index contributed by atoms with van der Waals surface area (Å²) in [5.74, 6) is 0. The summed E-state index contributed by atoms with van der Waals surface area (Å²) in [6.45, 7) is 0. The summed E-state index contributed by atoms with van der Waals surface area (Å²) in [6.07, 6.45) is 3.15. The van der Waals surface area contributed by atoms with Crippen molar-refractivity contribution < 1.29 is 0 Å². The molecule has 0 unspecified atom stereocenters. The molecule has 4 nitrogen and oxygen atoms in total. The number of aromatic nitrogens is 3. The third-order valence-electron chi connectivity index (χ3n) is 0.613. The van der Waals surface area contributed by atoms with Crippen LogP contribution in [0.15, 0.2) is 23.3 Å². The maximum atomic E-state index is 9.80. The van der Waals surface area contributed by atoms with Crippen LogP contribution in [0.25, 0.3) is 0 Å². The fraction of sp³-hybridized carbons (Fsp3) is 0. The molecule has 0 atom stereocenters. The molecule has 0 bridgehead atoms. The van der Waals surface area contributed by atoms with Crippen LogP contribution in [0, 0.1) is 0 Å². The van der Waals surface area contributed by atoms with Crippen molar-refractivity contribution in [3.8, 4) is 0 Å². The first-order chi connectivity index (χ1) is 5.39. The van der Waals surface area contributed by atoms with Crippen LogP contribution < -0.4 is 4.06 Å². The SMILES string of the molecule is O=c1sss1.c1cnnnc1. The lowest BCUT2D eigenvalue weighted by Crippen LogP contribution is -1.79. The van der Waals surface area contributed by atoms with Crippen LogP contribution in [0.3, 0.4) is 0 Å². The molecule has 0 amide bonds. The summed E-state index contributed by atoms with van der Waals surface area (Å²) in [7, 11) is 4.13. The van der Waals surface area contributed by atoms with Crippen LogP contribution in [0.2, 0.25) is 0 Å². The minimum Gasteiger partial charge on any atom is -0.264 e. The average molecular weight is 205 g/mol. The smallest absolute Gasteiger partial charge is 0.264 e. The van der Waals surface area contributed by atoms with Crippen molar-refractivity contribution in [2.24, 2.45) is 0 Å². The Hall–Kier alpha value is -0.660. The Labute approximate surface area is 72.9 Å². The molecule has 2 heterocycles. The molecule has 2 aromatic rings. The van der Waals surface area contributed by atoms with E-state index in [0.29, 0.717) is 0 Å². The van der Waals surface area contributed by atoms with Gasteiger partial charge < -0.3 is 0 Å². The van der Waals surface area contributed by atoms with E-state index in [4.69, 9.17) is 0 Å². The van der Waals surface area contributed by atoms with E-state index in [-0.39, 0.29) is 4.06 Å². The van der Waals surface area contributed by atoms with E-state index >= 15 is 0 Å². The monoisotopic (exact) mass is 205 g/mol. The largest absolute Gasteiger partial charge is 0.308 e. The average Bonchev–Trinajstić information content (AvgIpc) is 2.05. The van der Waals surface area contributed by atoms with Crippen molar-refractivity contribution in [2.75, 3.05) is 0 Å². The molecule has 2 aromatic heterocycles. The maximum absolute atomic E-state index is 9.80. The van der Waals surface area contributed by atoms with E-state index in [0.717, 1.165) is 0 Å². The molecule has 0 radical (unpaired) electrons. The molecule has 0 fully saturated rings. The normalized spacial score (nSPS) is 8.36. The first-order valence-electron chi connectivity index (χ1n) is 2.53. The lowest BCUT2D eigenvalue weighted by atomic mass is 10.7. The Morgan fingerprint density at radius 2 is 1.73 bits per heavy atom. The molecule has 7 heteroatoms. The highest BCUT2D eigenvalue weighted by Crippen LogP contribution is 2.06. The Balaban J connectivity index is 0.000000112. The Kier molecular flexibility index (Phi) is 3.87. The van der Waals surface area contributed by atoms with Crippen LogP contribution >= 0.6 is 30.0 Å². The topological polar surface area (TPSA) is 55.7 Å². The minimum atomic E-state index is 0.231. The van der Waals surface area contributed by atoms with Gasteiger partial charge in [0.25, 0.3) is 0 Å². The van der Waals surface area contributed by atoms with Gasteiger partial charge in [-0.25, -0.2) is 0 Å². The summed E-state index contributed by atoms with van der Waals surface area (Å²) in [6, 6.07) is 1.72. The van der Waals surface area contributed by atoms with Crippen LogP contribution in [-0.4, -0.2) is 15.4 Å². The first kappa shape index (κ1) is 8.44. The fourth-order valence-corrected chi connectivity index (χ4v) is 1.87. The summed E-state index contributed by atoms with van der Waals surface area (Å²) in [5.41, 5.74) is 0. The van der Waals surface area contributed by atoms with Gasteiger partial charge in [0.2, 0.25) is 0 Å². The van der Waals surface area contributed by atoms with E-state index < -0.39 is 0 Å². The van der Waals surface area contributed by atoms with E-state index in [1.807, 2.05) is 0 Å². The Bertz CT molecular complexity index is 273. The number of nitrogens with zero attached hydrogens (tertiary/aromatic N) is 3. The van der Waals surface area contributed by atoms with E-state index in [1.165, 1.54) is 30.0 Å². The van der Waals surface area contributed by atoms with Crippen molar-refractivity contribution in [3.63, 3.8) is 0 Å². The second kappa shape index (κ2) is 5.05. The molecule has 0 aromatic carbocycles. The van der Waals surface area contributed by atoms with Crippen molar-refractivity contribution in [1.82, 2.24) is 15.4 Å². The van der Waals surface area contributed by atoms with Gasteiger partial charge in [-0.05, 0) is 41.3 Å². The zero-order chi connectivity index (χ0) is 7.94. The first-order valence-corrected chi connectivity index (χ1v) is 6.01. The van der Waals surface area contributed by atoms with E-state index in [2.05, 4.69) is 15.4 Å². The minimum absolute atomic E-state index is 0.231. The van der Waals surface area contributed by atoms with Crippen molar-refractivity contribution in [2.45, 2.75) is 0 Å². The molecule has 0 saturated heterocycles. The summed E-state index contributed by atoms with van der Waals surface area (Å²) in [5, 5.41) is 10.1. The molecule has 2 rings (SSSR count). The van der Waals surface area contributed by atoms with Gasteiger partial charge in [-0.2, -0.15) is 0 Å². The van der Waals surface area contributed by atoms with Crippen molar-refractivity contribution in [1.29, 1.82) is 0 Å². The molecular formula is C4H3N3OS3. The maximum Gasteiger partial charge on any atom is 0.308 e. The standard InChI is InChI=1S/C3H3N3.COS3/c1-2-4-6-5-3-1;2-1-3-5-4-1/h1-3H;. The van der Waals surface area contributed by atoms with Gasteiger partial charge in [-0.1, -0.05) is 0 Å². The quantitative estimate of drug-likeness (QED) is 0.604. The molecule has 0 saturated carbocycles. The highest BCUT2D eigenvalue weighted by Gasteiger charge is 1.80. The number of hydrogen-bond donors (Lipinski definition) is 0. The molecule has 0 spiro atoms. The van der Waals surface area contributed by atoms with Crippen LogP contribution in [0.4, 0.5) is 0 Å². The molecular weight excluding hydrogens is 202 g/mol. The highest BCUT2D eigenvalue weighted by molar-refractivity contribution is 8.00. The van der Waals surface area contributed by atoms with Crippen molar-refractivity contribution >= 4 is 30.0 Å². The number of rotatable bonds is 0. The fourth-order valence-electron chi connectivity index (χ4n) is 0.267. The van der Waals surface area contributed by atoms with Crippen LogP contribution in [0.1, 0.15) is 0 Å². The van der Waals surface area contributed by atoms with Gasteiger partial charge in [0, 0.05) is 0 Å². The van der Waals surface area contributed by atoms with Crippen molar-refractivity contribution in [3.05, 3.63) is 27.3 Å². The van der Waals surface area contributed by atoms with Gasteiger partial charge >= 0.3 is 4.06 Å². The summed E-state index contributed by atoms with van der Waals surface area (Å²) < 4.78 is 0.231. The second-order valence-corrected chi connectivity index (χ2v) is 5.40. The van der Waals surface area contributed by atoms with Crippen LogP contribution in [-0.2, 0) is 0 Å². The van der Waals surface area contributed by atoms with Gasteiger partial charge in [-0.15, -0.1) is 10.2 Å². The lowest BCUT2D eigenvalue weighted by molar-refractivity contribution is 0.865. The van der Waals surface area contributed by atoms with E-state index in [9.17, 15) is 4.79 Å². The third-order valence-corrected chi connectivity index (χ3v) is 4.70. The predicted octanol–water partition coefficient (Wildman–Crippen LogP) is 1.10. The van der Waals surface area contributed by atoms with Gasteiger partial charge in [0.15, 0.2) is 0 Å². The molecule has 0 N–H and O–H groups in total. The van der Waals surface area contributed by atoms with Crippen LogP contribution in [0.5, 0.6) is 0 Å². The summed E-state index contributed by atoms with van der Waals surface area (Å²) in [4.78, 5) is 9.80. The zero-order valence-electron chi connectivity index (χ0n) is 5.21. The third kappa shape index (κ3) is 3.91. The molecule has 58 valence electrons. The zero-order valence-corrected chi connectivity index (χ0v) is 7.66. The lowest BCUT2D eigenvalue weighted by Gasteiger charge is -1.68. The Morgan fingerprint density at radius 3 is 1.82 bits per heavy atom. The van der Waals surface area contributed by atoms with E-state index in [1.54, 1.807) is 18.5 Å². The number of hydrogen-bond acceptors (Lipinski definition) is 7. The van der Waals surface area contributed by atoms with Gasteiger partial charge in [0.1, 0.15) is 0 Å². The second-order valence-electron chi connectivity index (χ2n) is 1.30. The van der Waals surface area contributed by atoms with Gasteiger partial charge in [0.05, 0.1) is 12.4 Å². The molecule has 0 aliphatic rings. The highest BCUT2D eigenvalue weighted by atomic mass is 33.3. The molecule has 0 aliphatic heterocycles. The molecule has 11 heavy (non-hydrogen) atoms.